The number of amides is 2. The Kier molecular flexibility index (Phi) is 7.68. The van der Waals surface area contributed by atoms with Crippen LogP contribution in [-0.2, 0) is 25.6 Å². The molecule has 0 unspecified atom stereocenters. The Morgan fingerprint density at radius 3 is 2.58 bits per heavy atom. The Hall–Kier alpha value is -1.99. The topological polar surface area (TPSA) is 89.5 Å². The van der Waals surface area contributed by atoms with Crippen LogP contribution < -0.4 is 10.6 Å². The highest BCUT2D eigenvalue weighted by atomic mass is 16.7. The van der Waals surface area contributed by atoms with E-state index in [1.165, 1.54) is 44.9 Å². The zero-order valence-electron chi connectivity index (χ0n) is 26.8. The summed E-state index contributed by atoms with van der Waals surface area (Å²) in [7, 11) is 0. The van der Waals surface area contributed by atoms with E-state index >= 15 is 0 Å². The van der Waals surface area contributed by atoms with Gasteiger partial charge in [0.1, 0.15) is 6.42 Å². The van der Waals surface area contributed by atoms with Gasteiger partial charge in [0, 0.05) is 37.3 Å². The molecule has 236 valence electrons. The van der Waals surface area contributed by atoms with E-state index in [-0.39, 0.29) is 30.1 Å². The first-order valence-corrected chi connectivity index (χ1v) is 17.4. The number of rotatable bonds is 5. The van der Waals surface area contributed by atoms with Gasteiger partial charge in [-0.2, -0.15) is 0 Å². The number of aromatic nitrogens is 1. The molecule has 6 aliphatic rings. The van der Waals surface area contributed by atoms with Crippen LogP contribution >= 0.6 is 0 Å². The van der Waals surface area contributed by atoms with Gasteiger partial charge in [0.25, 0.3) is 0 Å². The summed E-state index contributed by atoms with van der Waals surface area (Å²) in [6.45, 7) is 11.2. The number of hydrogen-bond donors (Lipinski definition) is 2. The van der Waals surface area contributed by atoms with Crippen LogP contribution in [0.1, 0.15) is 104 Å². The largest absolute Gasteiger partial charge is 0.353 e. The fraction of sp³-hybridized carbons (Fsp3) is 0.806. The molecule has 4 saturated carbocycles. The fourth-order valence-electron chi connectivity index (χ4n) is 11.6. The fourth-order valence-corrected chi connectivity index (χ4v) is 11.6. The van der Waals surface area contributed by atoms with Gasteiger partial charge in [-0.05, 0) is 116 Å². The summed E-state index contributed by atoms with van der Waals surface area (Å²) in [5.41, 5.74) is 1.63. The van der Waals surface area contributed by atoms with Crippen molar-refractivity contribution in [3.63, 3.8) is 0 Å². The molecule has 0 bridgehead atoms. The van der Waals surface area contributed by atoms with E-state index in [1.807, 2.05) is 12.1 Å². The molecular weight excluding hydrogens is 538 g/mol. The number of ether oxygens (including phenoxy) is 2. The van der Waals surface area contributed by atoms with Crippen molar-refractivity contribution >= 4 is 11.8 Å². The molecule has 0 aromatic carbocycles. The highest BCUT2D eigenvalue weighted by Gasteiger charge is 2.69. The molecule has 2 N–H and O–H groups in total. The summed E-state index contributed by atoms with van der Waals surface area (Å²) in [4.78, 5) is 29.3. The lowest BCUT2D eigenvalue weighted by Crippen LogP contribution is -2.56. The van der Waals surface area contributed by atoms with Crippen LogP contribution in [0.3, 0.4) is 0 Å². The quantitative estimate of drug-likeness (QED) is 0.409. The number of hydrogen-bond acceptors (Lipinski definition) is 5. The Morgan fingerprint density at radius 2 is 1.81 bits per heavy atom. The number of fused-ring (bicyclic) bond motifs is 7. The van der Waals surface area contributed by atoms with Crippen molar-refractivity contribution in [3.8, 4) is 0 Å². The minimum Gasteiger partial charge on any atom is -0.353 e. The maximum absolute atomic E-state index is 12.8. The van der Waals surface area contributed by atoms with E-state index in [1.54, 1.807) is 12.4 Å². The highest BCUT2D eigenvalue weighted by Crippen LogP contribution is 2.71. The van der Waals surface area contributed by atoms with E-state index in [0.717, 1.165) is 49.2 Å². The average molecular weight is 592 g/mol. The molecule has 4 aliphatic carbocycles. The van der Waals surface area contributed by atoms with E-state index in [4.69, 9.17) is 9.47 Å². The van der Waals surface area contributed by atoms with Gasteiger partial charge in [-0.15, -0.1) is 0 Å². The van der Waals surface area contributed by atoms with Gasteiger partial charge in [0.05, 0.1) is 12.7 Å². The first-order chi connectivity index (χ1) is 20.6. The Bertz CT molecular complexity index is 1200. The van der Waals surface area contributed by atoms with E-state index in [2.05, 4.69) is 43.3 Å². The van der Waals surface area contributed by atoms with Gasteiger partial charge >= 0.3 is 0 Å². The molecule has 43 heavy (non-hydrogen) atoms. The molecule has 3 heterocycles. The number of pyridine rings is 1. The molecule has 7 rings (SSSR count). The van der Waals surface area contributed by atoms with Crippen molar-refractivity contribution in [1.82, 2.24) is 15.6 Å². The summed E-state index contributed by atoms with van der Waals surface area (Å²) < 4.78 is 13.5. The number of nitrogens with zero attached hydrogens (tertiary/aromatic N) is 1. The lowest BCUT2D eigenvalue weighted by Gasteiger charge is -2.61. The molecule has 7 nitrogen and oxygen atoms in total. The summed E-state index contributed by atoms with van der Waals surface area (Å²) in [6.07, 6.45) is 15.7. The number of carbonyl (C=O) groups excluding carboxylic acids is 2. The molecule has 7 heteroatoms. The Morgan fingerprint density at radius 1 is 0.977 bits per heavy atom. The van der Waals surface area contributed by atoms with Crippen molar-refractivity contribution in [2.75, 3.05) is 6.61 Å². The van der Waals surface area contributed by atoms with Gasteiger partial charge < -0.3 is 20.1 Å². The summed E-state index contributed by atoms with van der Waals surface area (Å²) in [5, 5.41) is 6.09. The van der Waals surface area contributed by atoms with Crippen LogP contribution in [0.25, 0.3) is 0 Å². The van der Waals surface area contributed by atoms with Crippen LogP contribution in [0.15, 0.2) is 24.5 Å². The Labute approximate surface area is 258 Å². The molecule has 2 amide bonds. The molecule has 12 atom stereocenters. The van der Waals surface area contributed by atoms with Crippen molar-refractivity contribution in [2.24, 2.45) is 52.3 Å². The molecule has 1 aromatic rings. The van der Waals surface area contributed by atoms with Crippen molar-refractivity contribution in [2.45, 2.75) is 123 Å². The van der Waals surface area contributed by atoms with Crippen LogP contribution in [-0.4, -0.2) is 41.3 Å². The summed E-state index contributed by atoms with van der Waals surface area (Å²) in [5.74, 6) is 3.97. The van der Waals surface area contributed by atoms with E-state index in [9.17, 15) is 9.59 Å². The van der Waals surface area contributed by atoms with E-state index in [0.29, 0.717) is 47.2 Å². The van der Waals surface area contributed by atoms with Crippen molar-refractivity contribution < 1.29 is 19.1 Å². The second-order valence-corrected chi connectivity index (χ2v) is 16.0. The zero-order valence-corrected chi connectivity index (χ0v) is 26.8. The monoisotopic (exact) mass is 591 g/mol. The van der Waals surface area contributed by atoms with Crippen LogP contribution in [0.4, 0.5) is 0 Å². The lowest BCUT2D eigenvalue weighted by molar-refractivity contribution is -0.273. The summed E-state index contributed by atoms with van der Waals surface area (Å²) in [6, 6.07) is 3.94. The first-order valence-electron chi connectivity index (χ1n) is 17.4. The third-order valence-corrected chi connectivity index (χ3v) is 13.8. The van der Waals surface area contributed by atoms with Gasteiger partial charge in [0.2, 0.25) is 11.8 Å². The minimum atomic E-state index is -0.334. The molecule has 1 spiro atoms. The molecular formula is C36H53N3O4. The number of carbonyl (C=O) groups is 2. The van der Waals surface area contributed by atoms with Crippen LogP contribution in [0.5, 0.6) is 0 Å². The minimum absolute atomic E-state index is 0.113. The van der Waals surface area contributed by atoms with Crippen molar-refractivity contribution in [3.05, 3.63) is 30.1 Å². The third kappa shape index (κ3) is 5.05. The normalized spacial score (nSPS) is 46.7. The molecule has 2 saturated heterocycles. The van der Waals surface area contributed by atoms with E-state index < -0.39 is 0 Å². The van der Waals surface area contributed by atoms with Gasteiger partial charge in [-0.3, -0.25) is 14.6 Å². The van der Waals surface area contributed by atoms with Crippen LogP contribution in [0.2, 0.25) is 0 Å². The predicted octanol–water partition coefficient (Wildman–Crippen LogP) is 6.02. The standard InChI is InChI=1S/C36H53N3O4/c1-22-9-14-36(42-21-22)23(2)33-30(43-36)17-29-27-8-7-25-16-26(10-12-34(25,3)28(27)11-13-35(29,33)4)39-32(41)18-31(40)38-20-24-6-5-15-37-19-24/h5-6,15,19,22-23,25-30,33H,7-14,16-18,20-21H2,1-4H3,(H,38,40)(H,39,41)/t22-,23+,25-,26-,27-,28+,29+,30+,33+,34+,35+,36-/m1/s1. The van der Waals surface area contributed by atoms with Crippen molar-refractivity contribution in [1.29, 1.82) is 0 Å². The molecule has 0 radical (unpaired) electrons. The maximum Gasteiger partial charge on any atom is 0.229 e. The predicted molar refractivity (Wildman–Crippen MR) is 164 cm³/mol. The van der Waals surface area contributed by atoms with Crippen LogP contribution in [0, 0.1) is 52.3 Å². The van der Waals surface area contributed by atoms with Gasteiger partial charge in [-0.25, -0.2) is 0 Å². The zero-order chi connectivity index (χ0) is 30.0. The van der Waals surface area contributed by atoms with Gasteiger partial charge in [0.15, 0.2) is 5.79 Å². The lowest BCUT2D eigenvalue weighted by atomic mass is 9.44. The highest BCUT2D eigenvalue weighted by molar-refractivity contribution is 5.96. The summed E-state index contributed by atoms with van der Waals surface area (Å²) >= 11 is 0. The molecule has 2 aliphatic heterocycles. The number of nitrogens with one attached hydrogen (secondary N) is 2. The first kappa shape index (κ1) is 29.7. The third-order valence-electron chi connectivity index (χ3n) is 13.8. The molecule has 1 aromatic heterocycles. The SMILES string of the molecule is C[C@@H]1CC[C@@]2(OC1)O[C@H]1C[C@H]3[C@@H]4CC[C@@H]5C[C@H](NC(=O)CC(=O)NCc6cccnc6)CC[C@]5(C)[C@H]4CC[C@]3(C)[C@H]1[C@@H]2C. The second kappa shape index (κ2) is 11.1. The second-order valence-electron chi connectivity index (χ2n) is 16.0. The van der Waals surface area contributed by atoms with Gasteiger partial charge in [-0.1, -0.05) is 33.8 Å². The molecule has 6 fully saturated rings. The maximum atomic E-state index is 12.8. The average Bonchev–Trinajstić information content (AvgIpc) is 3.44. The Balaban J connectivity index is 0.952. The smallest absolute Gasteiger partial charge is 0.229 e.